The Kier molecular flexibility index (Phi) is 6.81. The Hall–Kier alpha value is -1.69. The van der Waals surface area contributed by atoms with Crippen molar-refractivity contribution < 1.29 is 9.53 Å². The molecule has 0 saturated carbocycles. The van der Waals surface area contributed by atoms with Crippen molar-refractivity contribution in [3.8, 4) is 0 Å². The van der Waals surface area contributed by atoms with E-state index in [9.17, 15) is 4.79 Å². The van der Waals surface area contributed by atoms with Gasteiger partial charge in [-0.05, 0) is 12.3 Å². The van der Waals surface area contributed by atoms with E-state index in [1.807, 2.05) is 6.92 Å². The van der Waals surface area contributed by atoms with E-state index >= 15 is 0 Å². The maximum atomic E-state index is 11.8. The molecule has 1 rings (SSSR count). The average molecular weight is 266 g/mol. The molecule has 0 aromatic carbocycles. The van der Waals surface area contributed by atoms with Crippen molar-refractivity contribution in [2.45, 2.75) is 20.3 Å². The highest BCUT2D eigenvalue weighted by Crippen LogP contribution is 2.01. The molecule has 0 fully saturated rings. The molecule has 6 nitrogen and oxygen atoms in total. The van der Waals surface area contributed by atoms with Crippen LogP contribution in [0.4, 0.5) is 5.82 Å². The molecule has 0 aliphatic heterocycles. The lowest BCUT2D eigenvalue weighted by molar-refractivity contribution is 0.0929. The van der Waals surface area contributed by atoms with Gasteiger partial charge in [0.25, 0.3) is 5.91 Å². The molecule has 1 aromatic rings. The fraction of sp³-hybridized carbons (Fsp3) is 0.615. The highest BCUT2D eigenvalue weighted by atomic mass is 16.5. The SMILES string of the molecule is CCCNc1cnc(C(=O)NCC(C)COC)cn1. The summed E-state index contributed by atoms with van der Waals surface area (Å²) < 4.78 is 5.01. The highest BCUT2D eigenvalue weighted by Gasteiger charge is 2.09. The summed E-state index contributed by atoms with van der Waals surface area (Å²) in [6.45, 7) is 6.10. The van der Waals surface area contributed by atoms with Crippen LogP contribution in [0.3, 0.4) is 0 Å². The van der Waals surface area contributed by atoms with E-state index < -0.39 is 0 Å². The molecule has 0 spiro atoms. The summed E-state index contributed by atoms with van der Waals surface area (Å²) in [6, 6.07) is 0. The Morgan fingerprint density at radius 3 is 2.79 bits per heavy atom. The Bertz CT molecular complexity index is 381. The van der Waals surface area contributed by atoms with Crippen molar-refractivity contribution in [2.75, 3.05) is 32.1 Å². The number of carbonyl (C=O) groups excluding carboxylic acids is 1. The number of methoxy groups -OCH3 is 1. The van der Waals surface area contributed by atoms with Gasteiger partial charge in [-0.1, -0.05) is 13.8 Å². The van der Waals surface area contributed by atoms with Crippen molar-refractivity contribution in [2.24, 2.45) is 5.92 Å². The molecule has 19 heavy (non-hydrogen) atoms. The third kappa shape index (κ3) is 5.65. The number of nitrogens with zero attached hydrogens (tertiary/aromatic N) is 2. The van der Waals surface area contributed by atoms with Crippen molar-refractivity contribution in [1.82, 2.24) is 15.3 Å². The molecule has 1 heterocycles. The smallest absolute Gasteiger partial charge is 0.271 e. The van der Waals surface area contributed by atoms with Gasteiger partial charge in [-0.15, -0.1) is 0 Å². The predicted octanol–water partition coefficient (Wildman–Crippen LogP) is 1.31. The number of nitrogens with one attached hydrogen (secondary N) is 2. The molecule has 0 saturated heterocycles. The fourth-order valence-corrected chi connectivity index (χ4v) is 1.49. The molecule has 2 N–H and O–H groups in total. The van der Waals surface area contributed by atoms with Crippen LogP contribution < -0.4 is 10.6 Å². The van der Waals surface area contributed by atoms with Crippen LogP contribution in [-0.4, -0.2) is 42.7 Å². The van der Waals surface area contributed by atoms with Gasteiger partial charge in [0.15, 0.2) is 0 Å². The Morgan fingerprint density at radius 2 is 2.21 bits per heavy atom. The summed E-state index contributed by atoms with van der Waals surface area (Å²) in [7, 11) is 1.64. The second-order valence-electron chi connectivity index (χ2n) is 4.48. The summed E-state index contributed by atoms with van der Waals surface area (Å²) in [5.74, 6) is 0.746. The molecule has 1 unspecified atom stereocenters. The van der Waals surface area contributed by atoms with E-state index in [1.165, 1.54) is 6.20 Å². The van der Waals surface area contributed by atoms with Crippen LogP contribution in [-0.2, 0) is 4.74 Å². The summed E-state index contributed by atoms with van der Waals surface area (Å²) in [6.07, 6.45) is 4.07. The van der Waals surface area contributed by atoms with E-state index in [-0.39, 0.29) is 11.8 Å². The second kappa shape index (κ2) is 8.42. The second-order valence-corrected chi connectivity index (χ2v) is 4.48. The molecule has 1 aromatic heterocycles. The van der Waals surface area contributed by atoms with E-state index in [0.717, 1.165) is 13.0 Å². The van der Waals surface area contributed by atoms with Gasteiger partial charge in [-0.3, -0.25) is 4.79 Å². The van der Waals surface area contributed by atoms with Crippen LogP contribution >= 0.6 is 0 Å². The number of aromatic nitrogens is 2. The highest BCUT2D eigenvalue weighted by molar-refractivity contribution is 5.91. The number of hydrogen-bond donors (Lipinski definition) is 2. The Labute approximate surface area is 114 Å². The van der Waals surface area contributed by atoms with E-state index in [2.05, 4.69) is 27.5 Å². The van der Waals surface area contributed by atoms with Crippen LogP contribution in [0, 0.1) is 5.92 Å². The van der Waals surface area contributed by atoms with Gasteiger partial charge in [0.1, 0.15) is 11.5 Å². The van der Waals surface area contributed by atoms with Crippen molar-refractivity contribution in [1.29, 1.82) is 0 Å². The molecule has 0 aliphatic rings. The zero-order chi connectivity index (χ0) is 14.1. The zero-order valence-electron chi connectivity index (χ0n) is 11.8. The van der Waals surface area contributed by atoms with Crippen LogP contribution in [0.1, 0.15) is 30.8 Å². The lowest BCUT2D eigenvalue weighted by atomic mass is 10.2. The first-order valence-corrected chi connectivity index (χ1v) is 6.50. The summed E-state index contributed by atoms with van der Waals surface area (Å²) in [4.78, 5) is 20.0. The van der Waals surface area contributed by atoms with Crippen LogP contribution in [0.15, 0.2) is 12.4 Å². The summed E-state index contributed by atoms with van der Waals surface area (Å²) in [5, 5.41) is 5.91. The molecule has 1 atom stereocenters. The maximum Gasteiger partial charge on any atom is 0.271 e. The fourth-order valence-electron chi connectivity index (χ4n) is 1.49. The number of anilines is 1. The lowest BCUT2D eigenvalue weighted by Crippen LogP contribution is -2.30. The number of hydrogen-bond acceptors (Lipinski definition) is 5. The van der Waals surface area contributed by atoms with Crippen LogP contribution in [0.25, 0.3) is 0 Å². The largest absolute Gasteiger partial charge is 0.384 e. The monoisotopic (exact) mass is 266 g/mol. The number of carbonyl (C=O) groups is 1. The van der Waals surface area contributed by atoms with Gasteiger partial charge in [-0.2, -0.15) is 0 Å². The maximum absolute atomic E-state index is 11.8. The molecule has 106 valence electrons. The molecule has 6 heteroatoms. The van der Waals surface area contributed by atoms with Gasteiger partial charge in [0, 0.05) is 20.2 Å². The minimum absolute atomic E-state index is 0.211. The molecule has 1 amide bonds. The van der Waals surface area contributed by atoms with Crippen molar-refractivity contribution >= 4 is 11.7 Å². The molecular formula is C13H22N4O2. The van der Waals surface area contributed by atoms with Gasteiger partial charge in [0.05, 0.1) is 19.0 Å². The third-order valence-corrected chi connectivity index (χ3v) is 2.50. The summed E-state index contributed by atoms with van der Waals surface area (Å²) >= 11 is 0. The molecular weight excluding hydrogens is 244 g/mol. The van der Waals surface area contributed by atoms with E-state index in [0.29, 0.717) is 24.7 Å². The van der Waals surface area contributed by atoms with Gasteiger partial charge in [-0.25, -0.2) is 9.97 Å². The third-order valence-electron chi connectivity index (χ3n) is 2.50. The first kappa shape index (κ1) is 15.4. The minimum atomic E-state index is -0.211. The topological polar surface area (TPSA) is 76.1 Å². The Morgan fingerprint density at radius 1 is 1.42 bits per heavy atom. The first-order chi connectivity index (χ1) is 9.17. The Balaban J connectivity index is 2.44. The molecule has 0 bridgehead atoms. The first-order valence-electron chi connectivity index (χ1n) is 6.50. The quantitative estimate of drug-likeness (QED) is 0.742. The standard InChI is InChI=1S/C13H22N4O2/c1-4-5-14-12-8-15-11(7-16-12)13(18)17-6-10(2)9-19-3/h7-8,10H,4-6,9H2,1-3H3,(H,14,16)(H,17,18). The number of rotatable bonds is 8. The average Bonchev–Trinajstić information content (AvgIpc) is 2.43. The normalized spacial score (nSPS) is 11.9. The van der Waals surface area contributed by atoms with Gasteiger partial charge < -0.3 is 15.4 Å². The van der Waals surface area contributed by atoms with Crippen LogP contribution in [0.2, 0.25) is 0 Å². The van der Waals surface area contributed by atoms with Gasteiger partial charge in [0.2, 0.25) is 0 Å². The summed E-state index contributed by atoms with van der Waals surface area (Å²) in [5.41, 5.74) is 0.326. The lowest BCUT2D eigenvalue weighted by Gasteiger charge is -2.11. The van der Waals surface area contributed by atoms with Crippen molar-refractivity contribution in [3.05, 3.63) is 18.1 Å². The van der Waals surface area contributed by atoms with E-state index in [4.69, 9.17) is 4.74 Å². The van der Waals surface area contributed by atoms with Crippen molar-refractivity contribution in [3.63, 3.8) is 0 Å². The number of ether oxygens (including phenoxy) is 1. The number of amides is 1. The van der Waals surface area contributed by atoms with E-state index in [1.54, 1.807) is 13.3 Å². The minimum Gasteiger partial charge on any atom is -0.384 e. The predicted molar refractivity (Wildman–Crippen MR) is 74.2 cm³/mol. The molecule has 0 radical (unpaired) electrons. The van der Waals surface area contributed by atoms with Crippen LogP contribution in [0.5, 0.6) is 0 Å². The van der Waals surface area contributed by atoms with Gasteiger partial charge >= 0.3 is 0 Å². The zero-order valence-corrected chi connectivity index (χ0v) is 11.8. The molecule has 0 aliphatic carbocycles.